The molecule has 1 aliphatic carbocycles. The molecule has 2 aromatic rings. The molecule has 0 bridgehead atoms. The molecule has 3 rings (SSSR count). The second-order valence-corrected chi connectivity index (χ2v) is 5.86. The minimum absolute atomic E-state index is 0.0472. The molecule has 0 saturated carbocycles. The number of aromatic hydroxyl groups is 2. The van der Waals surface area contributed by atoms with Crippen LogP contribution in [0.1, 0.15) is 38.2 Å². The van der Waals surface area contributed by atoms with Crippen LogP contribution in [0.5, 0.6) is 11.5 Å². The van der Waals surface area contributed by atoms with Crippen molar-refractivity contribution >= 4 is 17.7 Å². The Bertz CT molecular complexity index is 854. The van der Waals surface area contributed by atoms with Crippen molar-refractivity contribution in [3.63, 3.8) is 0 Å². The Morgan fingerprint density at radius 3 is 1.56 bits per heavy atom. The number of phenols is 2. The van der Waals surface area contributed by atoms with Gasteiger partial charge in [0, 0.05) is 11.1 Å². The van der Waals surface area contributed by atoms with Gasteiger partial charge in [0.15, 0.2) is 0 Å². The van der Waals surface area contributed by atoms with Crippen LogP contribution in [0.25, 0.3) is 0 Å². The Balaban J connectivity index is 2.13. The maximum Gasteiger partial charge on any atom is 0.307 e. The van der Waals surface area contributed by atoms with Crippen molar-refractivity contribution < 1.29 is 34.8 Å². The molecular formula is C18H14O7. The molecule has 0 aromatic heterocycles. The molecule has 7 nitrogen and oxygen atoms in total. The molecule has 0 fully saturated rings. The zero-order valence-electron chi connectivity index (χ0n) is 12.9. The number of fused-ring (bicyclic) bond motifs is 2. The van der Waals surface area contributed by atoms with Gasteiger partial charge in [0.1, 0.15) is 11.5 Å². The maximum atomic E-state index is 12.8. The molecule has 2 aromatic carbocycles. The zero-order valence-corrected chi connectivity index (χ0v) is 12.9. The number of aliphatic carboxylic acids is 2. The fourth-order valence-electron chi connectivity index (χ4n) is 3.09. The van der Waals surface area contributed by atoms with Gasteiger partial charge in [0.05, 0.1) is 24.0 Å². The smallest absolute Gasteiger partial charge is 0.307 e. The summed E-state index contributed by atoms with van der Waals surface area (Å²) in [5.74, 6) is -3.78. The maximum absolute atomic E-state index is 12.8. The number of carboxylic acid groups (broad SMARTS) is 2. The summed E-state index contributed by atoms with van der Waals surface area (Å²) in [7, 11) is 0. The van der Waals surface area contributed by atoms with Gasteiger partial charge < -0.3 is 20.4 Å². The highest BCUT2D eigenvalue weighted by atomic mass is 16.4. The summed E-state index contributed by atoms with van der Waals surface area (Å²) in [6.45, 7) is 0. The number of benzene rings is 2. The van der Waals surface area contributed by atoms with Crippen molar-refractivity contribution in [1.29, 1.82) is 0 Å². The predicted molar refractivity (Wildman–Crippen MR) is 85.1 cm³/mol. The molecular weight excluding hydrogens is 328 g/mol. The summed E-state index contributed by atoms with van der Waals surface area (Å²) in [4.78, 5) is 34.6. The largest absolute Gasteiger partial charge is 0.507 e. The van der Waals surface area contributed by atoms with Crippen molar-refractivity contribution in [3.8, 4) is 11.5 Å². The van der Waals surface area contributed by atoms with Gasteiger partial charge in [-0.2, -0.15) is 0 Å². The molecule has 0 amide bonds. The van der Waals surface area contributed by atoms with Crippen molar-refractivity contribution in [2.24, 2.45) is 0 Å². The molecule has 0 spiro atoms. The van der Waals surface area contributed by atoms with Gasteiger partial charge in [0.25, 0.3) is 0 Å². The van der Waals surface area contributed by atoms with Gasteiger partial charge >= 0.3 is 11.9 Å². The summed E-state index contributed by atoms with van der Waals surface area (Å²) in [5, 5.41) is 38.4. The molecule has 128 valence electrons. The average Bonchev–Trinajstić information content (AvgIpc) is 2.52. The highest BCUT2D eigenvalue weighted by Gasteiger charge is 2.31. The van der Waals surface area contributed by atoms with Crippen molar-refractivity contribution in [2.75, 3.05) is 0 Å². The van der Waals surface area contributed by atoms with Gasteiger partial charge in [-0.15, -0.1) is 0 Å². The van der Waals surface area contributed by atoms with E-state index in [-0.39, 0.29) is 28.7 Å². The monoisotopic (exact) mass is 342 g/mol. The van der Waals surface area contributed by atoms with Crippen LogP contribution in [0.4, 0.5) is 0 Å². The number of ketones is 1. The van der Waals surface area contributed by atoms with E-state index in [2.05, 4.69) is 0 Å². The van der Waals surface area contributed by atoms with Crippen LogP contribution in [0.15, 0.2) is 24.3 Å². The van der Waals surface area contributed by atoms with E-state index >= 15 is 0 Å². The fourth-order valence-corrected chi connectivity index (χ4v) is 3.09. The summed E-state index contributed by atoms with van der Waals surface area (Å²) < 4.78 is 0. The third kappa shape index (κ3) is 2.80. The number of hydrogen-bond acceptors (Lipinski definition) is 5. The van der Waals surface area contributed by atoms with Crippen LogP contribution in [0.2, 0.25) is 0 Å². The summed E-state index contributed by atoms with van der Waals surface area (Å²) in [5.41, 5.74) is 1.15. The number of carbonyl (C=O) groups is 3. The fraction of sp³-hybridized carbons (Fsp3) is 0.167. The second kappa shape index (κ2) is 5.94. The van der Waals surface area contributed by atoms with Gasteiger partial charge in [-0.25, -0.2) is 0 Å². The third-order valence-electron chi connectivity index (χ3n) is 4.21. The van der Waals surface area contributed by atoms with E-state index in [1.54, 1.807) is 12.1 Å². The lowest BCUT2D eigenvalue weighted by Gasteiger charge is -2.22. The Morgan fingerprint density at radius 1 is 0.800 bits per heavy atom. The SMILES string of the molecule is O=C(O)Cc1ccc2c(c1O)C(=O)c1c(ccc(CC(=O)O)c1O)C2. The minimum Gasteiger partial charge on any atom is -0.507 e. The van der Waals surface area contributed by atoms with E-state index in [9.17, 15) is 24.6 Å². The normalized spacial score (nSPS) is 12.4. The lowest BCUT2D eigenvalue weighted by Crippen LogP contribution is -2.17. The topological polar surface area (TPSA) is 132 Å². The van der Waals surface area contributed by atoms with Gasteiger partial charge in [-0.1, -0.05) is 24.3 Å². The Labute approximate surface area is 141 Å². The lowest BCUT2D eigenvalue weighted by molar-refractivity contribution is -0.137. The minimum atomic E-state index is -1.15. The van der Waals surface area contributed by atoms with Crippen molar-refractivity contribution in [3.05, 3.63) is 57.6 Å². The average molecular weight is 342 g/mol. The van der Waals surface area contributed by atoms with Crippen LogP contribution >= 0.6 is 0 Å². The second-order valence-electron chi connectivity index (χ2n) is 5.86. The van der Waals surface area contributed by atoms with Gasteiger partial charge in [-0.3, -0.25) is 14.4 Å². The summed E-state index contributed by atoms with van der Waals surface area (Å²) in [6.07, 6.45) is -0.618. The van der Waals surface area contributed by atoms with Crippen LogP contribution in [0.3, 0.4) is 0 Å². The molecule has 0 radical (unpaired) electrons. The summed E-state index contributed by atoms with van der Waals surface area (Å²) >= 11 is 0. The standard InChI is InChI=1S/C18H14O7/c19-12(20)6-10-3-1-8-5-9-2-4-11(7-13(21)22)17(24)15(9)18(25)14(8)16(10)23/h1-4,23-24H,5-7H2,(H,19,20)(H,21,22). The van der Waals surface area contributed by atoms with E-state index in [1.165, 1.54) is 12.1 Å². The van der Waals surface area contributed by atoms with Crippen LogP contribution < -0.4 is 0 Å². The Kier molecular flexibility index (Phi) is 3.92. The molecule has 4 N–H and O–H groups in total. The number of carboxylic acids is 2. The quantitative estimate of drug-likeness (QED) is 0.564. The molecule has 0 heterocycles. The highest BCUT2D eigenvalue weighted by molar-refractivity contribution is 6.16. The molecule has 1 aliphatic rings. The number of rotatable bonds is 4. The van der Waals surface area contributed by atoms with Crippen LogP contribution in [-0.4, -0.2) is 38.1 Å². The third-order valence-corrected chi connectivity index (χ3v) is 4.21. The van der Waals surface area contributed by atoms with E-state index in [1.807, 2.05) is 0 Å². The molecule has 0 aliphatic heterocycles. The molecule has 0 saturated heterocycles. The Hall–Kier alpha value is -3.35. The first-order valence-electron chi connectivity index (χ1n) is 7.45. The van der Waals surface area contributed by atoms with Gasteiger partial charge in [0.2, 0.25) is 5.78 Å². The van der Waals surface area contributed by atoms with E-state index in [4.69, 9.17) is 10.2 Å². The van der Waals surface area contributed by atoms with Crippen LogP contribution in [0, 0.1) is 0 Å². The summed E-state index contributed by atoms with van der Waals surface area (Å²) in [6, 6.07) is 6.07. The van der Waals surface area contributed by atoms with E-state index in [0.29, 0.717) is 11.1 Å². The van der Waals surface area contributed by atoms with E-state index < -0.39 is 42.1 Å². The first-order valence-corrected chi connectivity index (χ1v) is 7.45. The van der Waals surface area contributed by atoms with Gasteiger partial charge in [-0.05, 0) is 17.5 Å². The van der Waals surface area contributed by atoms with Crippen molar-refractivity contribution in [1.82, 2.24) is 0 Å². The predicted octanol–water partition coefficient (Wildman–Crippen LogP) is 1.49. The first kappa shape index (κ1) is 16.5. The highest BCUT2D eigenvalue weighted by Crippen LogP contribution is 2.39. The number of hydrogen-bond donors (Lipinski definition) is 4. The molecule has 0 unspecified atom stereocenters. The lowest BCUT2D eigenvalue weighted by atomic mass is 9.81. The Morgan fingerprint density at radius 2 is 1.20 bits per heavy atom. The number of phenolic OH excluding ortho intramolecular Hbond substituents is 2. The van der Waals surface area contributed by atoms with Crippen LogP contribution in [-0.2, 0) is 28.9 Å². The number of carbonyl (C=O) groups excluding carboxylic acids is 1. The molecule has 7 heteroatoms. The first-order chi connectivity index (χ1) is 11.8. The van der Waals surface area contributed by atoms with E-state index in [0.717, 1.165) is 0 Å². The molecule has 25 heavy (non-hydrogen) atoms. The van der Waals surface area contributed by atoms with Crippen molar-refractivity contribution in [2.45, 2.75) is 19.3 Å². The zero-order chi connectivity index (χ0) is 18.3. The molecule has 0 atom stereocenters.